The predicted octanol–water partition coefficient (Wildman–Crippen LogP) is 2.39. The van der Waals surface area contributed by atoms with E-state index in [0.29, 0.717) is 17.6 Å². The normalized spacial score (nSPS) is 13.4. The van der Waals surface area contributed by atoms with Crippen molar-refractivity contribution >= 4 is 11.9 Å². The Bertz CT molecular complexity index is 298. The molecule has 0 aliphatic rings. The van der Waals surface area contributed by atoms with E-state index in [-0.39, 0.29) is 12.2 Å². The van der Waals surface area contributed by atoms with E-state index in [1.54, 1.807) is 27.7 Å². The van der Waals surface area contributed by atoms with Crippen LogP contribution in [0, 0.1) is 0 Å². The summed E-state index contributed by atoms with van der Waals surface area (Å²) in [6, 6.07) is 0. The van der Waals surface area contributed by atoms with Crippen molar-refractivity contribution in [3.05, 3.63) is 24.3 Å². The Morgan fingerprint density at radius 2 is 1.24 bits per heavy atom. The van der Waals surface area contributed by atoms with Gasteiger partial charge in [-0.1, -0.05) is 13.2 Å². The van der Waals surface area contributed by atoms with Crippen LogP contribution in [0.4, 0.5) is 0 Å². The molecule has 0 bridgehead atoms. The summed E-state index contributed by atoms with van der Waals surface area (Å²) >= 11 is 0. The molecule has 0 amide bonds. The molecule has 0 heterocycles. The summed E-state index contributed by atoms with van der Waals surface area (Å²) in [5.74, 6) is -0.869. The molecule has 2 atom stereocenters. The Hall–Kier alpha value is -1.58. The highest BCUT2D eigenvalue weighted by atomic mass is 16.6. The summed E-state index contributed by atoms with van der Waals surface area (Å²) in [5, 5.41) is 0. The fourth-order valence-corrected chi connectivity index (χ4v) is 1.13. The van der Waals surface area contributed by atoms with Crippen LogP contribution in [0.25, 0.3) is 0 Å². The summed E-state index contributed by atoms with van der Waals surface area (Å²) in [5.41, 5.74) is 0.701. The smallest absolute Gasteiger partial charge is 0.333 e. The van der Waals surface area contributed by atoms with Gasteiger partial charge in [-0.05, 0) is 27.7 Å². The first-order valence-corrected chi connectivity index (χ1v) is 5.47. The van der Waals surface area contributed by atoms with Gasteiger partial charge in [-0.2, -0.15) is 0 Å². The van der Waals surface area contributed by atoms with E-state index in [0.717, 1.165) is 0 Å². The van der Waals surface area contributed by atoms with Crippen molar-refractivity contribution in [3.63, 3.8) is 0 Å². The molecule has 0 unspecified atom stereocenters. The summed E-state index contributed by atoms with van der Waals surface area (Å²) < 4.78 is 10.1. The molecule has 0 saturated carbocycles. The van der Waals surface area contributed by atoms with Gasteiger partial charge in [-0.25, -0.2) is 9.59 Å². The average molecular weight is 240 g/mol. The molecule has 4 nitrogen and oxygen atoms in total. The van der Waals surface area contributed by atoms with Crippen LogP contribution in [0.15, 0.2) is 24.3 Å². The minimum Gasteiger partial charge on any atom is -0.459 e. The molecular formula is C13H20O4. The van der Waals surface area contributed by atoms with Crippen molar-refractivity contribution in [2.45, 2.75) is 46.3 Å². The minimum absolute atomic E-state index is 0.327. The lowest BCUT2D eigenvalue weighted by molar-refractivity contribution is -0.148. The molecule has 0 fully saturated rings. The second-order valence-electron chi connectivity index (χ2n) is 4.23. The lowest BCUT2D eigenvalue weighted by Crippen LogP contribution is -2.23. The Morgan fingerprint density at radius 3 is 1.47 bits per heavy atom. The van der Waals surface area contributed by atoms with Crippen molar-refractivity contribution in [1.29, 1.82) is 0 Å². The topological polar surface area (TPSA) is 52.6 Å². The molecule has 4 heteroatoms. The van der Waals surface area contributed by atoms with Crippen LogP contribution in [0.5, 0.6) is 0 Å². The Labute approximate surface area is 102 Å². The number of hydrogen-bond donors (Lipinski definition) is 0. The number of carbonyl (C=O) groups excluding carboxylic acids is 2. The molecule has 0 aliphatic carbocycles. The van der Waals surface area contributed by atoms with Crippen LogP contribution in [0.3, 0.4) is 0 Å². The van der Waals surface area contributed by atoms with Gasteiger partial charge >= 0.3 is 11.9 Å². The van der Waals surface area contributed by atoms with E-state index in [2.05, 4.69) is 13.2 Å². The summed E-state index contributed by atoms with van der Waals surface area (Å²) in [6.07, 6.45) is -0.211. The highest BCUT2D eigenvalue weighted by molar-refractivity contribution is 5.87. The molecule has 0 radical (unpaired) electrons. The van der Waals surface area contributed by atoms with E-state index in [9.17, 15) is 9.59 Å². The van der Waals surface area contributed by atoms with Crippen molar-refractivity contribution in [2.75, 3.05) is 0 Å². The van der Waals surface area contributed by atoms with E-state index in [1.807, 2.05) is 0 Å². The maximum Gasteiger partial charge on any atom is 0.333 e. The number of esters is 2. The zero-order valence-electron chi connectivity index (χ0n) is 10.9. The molecular weight excluding hydrogens is 220 g/mol. The molecule has 0 aromatic heterocycles. The fraction of sp³-hybridized carbons (Fsp3) is 0.538. The first kappa shape index (κ1) is 15.4. The second-order valence-corrected chi connectivity index (χ2v) is 4.23. The molecule has 0 spiro atoms. The molecule has 0 aromatic carbocycles. The Morgan fingerprint density at radius 1 is 0.941 bits per heavy atom. The number of rotatable bonds is 6. The first-order valence-electron chi connectivity index (χ1n) is 5.47. The van der Waals surface area contributed by atoms with Gasteiger partial charge in [-0.3, -0.25) is 0 Å². The summed E-state index contributed by atoms with van der Waals surface area (Å²) in [7, 11) is 0. The maximum atomic E-state index is 11.2. The Kier molecular flexibility index (Phi) is 6.25. The van der Waals surface area contributed by atoms with E-state index >= 15 is 0 Å². The fourth-order valence-electron chi connectivity index (χ4n) is 1.13. The van der Waals surface area contributed by atoms with E-state index in [4.69, 9.17) is 9.47 Å². The third-order valence-corrected chi connectivity index (χ3v) is 1.98. The van der Waals surface area contributed by atoms with Crippen LogP contribution >= 0.6 is 0 Å². The first-order chi connectivity index (χ1) is 7.73. The predicted molar refractivity (Wildman–Crippen MR) is 65.4 cm³/mol. The number of ether oxygens (including phenoxy) is 2. The van der Waals surface area contributed by atoms with Crippen molar-refractivity contribution in [2.24, 2.45) is 0 Å². The van der Waals surface area contributed by atoms with Crippen LogP contribution in [-0.4, -0.2) is 24.1 Å². The van der Waals surface area contributed by atoms with Gasteiger partial charge in [0.1, 0.15) is 12.2 Å². The standard InChI is InChI=1S/C13H20O4/c1-8(2)12(14)16-10(5)7-11(6)17-13(15)9(3)4/h10-11H,1,3,7H2,2,4-6H3/t10-,11-/m0/s1. The average Bonchev–Trinajstić information content (AvgIpc) is 2.16. The molecule has 96 valence electrons. The van der Waals surface area contributed by atoms with Gasteiger partial charge in [0.2, 0.25) is 0 Å². The molecule has 0 aromatic rings. The van der Waals surface area contributed by atoms with Crippen molar-refractivity contribution in [3.8, 4) is 0 Å². The molecule has 0 aliphatic heterocycles. The monoisotopic (exact) mass is 240 g/mol. The van der Waals surface area contributed by atoms with E-state index < -0.39 is 11.9 Å². The van der Waals surface area contributed by atoms with Crippen LogP contribution < -0.4 is 0 Å². The van der Waals surface area contributed by atoms with Crippen LogP contribution in [0.1, 0.15) is 34.1 Å². The SMILES string of the molecule is C=C(C)C(=O)O[C@@H](C)C[C@H](C)OC(=O)C(=C)C. The van der Waals surface area contributed by atoms with Gasteiger partial charge in [0.05, 0.1) is 0 Å². The summed E-state index contributed by atoms with van der Waals surface area (Å²) in [4.78, 5) is 22.4. The molecule has 0 rings (SSSR count). The zero-order valence-corrected chi connectivity index (χ0v) is 10.9. The van der Waals surface area contributed by atoms with Crippen LogP contribution in [0.2, 0.25) is 0 Å². The lowest BCUT2D eigenvalue weighted by atomic mass is 10.2. The van der Waals surface area contributed by atoms with Gasteiger partial charge < -0.3 is 9.47 Å². The highest BCUT2D eigenvalue weighted by Crippen LogP contribution is 2.09. The van der Waals surface area contributed by atoms with Gasteiger partial charge in [0.25, 0.3) is 0 Å². The molecule has 0 N–H and O–H groups in total. The van der Waals surface area contributed by atoms with Gasteiger partial charge in [-0.15, -0.1) is 0 Å². The highest BCUT2D eigenvalue weighted by Gasteiger charge is 2.16. The molecule has 0 saturated heterocycles. The second kappa shape index (κ2) is 6.89. The zero-order chi connectivity index (χ0) is 13.6. The van der Waals surface area contributed by atoms with Crippen molar-refractivity contribution in [1.82, 2.24) is 0 Å². The third kappa shape index (κ3) is 6.56. The van der Waals surface area contributed by atoms with E-state index in [1.165, 1.54) is 0 Å². The van der Waals surface area contributed by atoms with Gasteiger partial charge in [0.15, 0.2) is 0 Å². The minimum atomic E-state index is -0.434. The lowest BCUT2D eigenvalue weighted by Gasteiger charge is -2.18. The third-order valence-electron chi connectivity index (χ3n) is 1.98. The molecule has 17 heavy (non-hydrogen) atoms. The number of carbonyl (C=O) groups is 2. The quantitative estimate of drug-likeness (QED) is 0.528. The van der Waals surface area contributed by atoms with Crippen molar-refractivity contribution < 1.29 is 19.1 Å². The maximum absolute atomic E-state index is 11.2. The Balaban J connectivity index is 4.08. The number of hydrogen-bond acceptors (Lipinski definition) is 4. The van der Waals surface area contributed by atoms with Gasteiger partial charge in [0, 0.05) is 17.6 Å². The largest absolute Gasteiger partial charge is 0.459 e. The summed E-state index contributed by atoms with van der Waals surface area (Å²) in [6.45, 7) is 13.6. The van der Waals surface area contributed by atoms with Crippen LogP contribution in [-0.2, 0) is 19.1 Å².